The topological polar surface area (TPSA) is 70.7 Å². The summed E-state index contributed by atoms with van der Waals surface area (Å²) in [5, 5.41) is 8.45. The Balaban J connectivity index is 1.30. The fourth-order valence-corrected chi connectivity index (χ4v) is 4.72. The predicted octanol–water partition coefficient (Wildman–Crippen LogP) is 6.07. The van der Waals surface area contributed by atoms with Gasteiger partial charge in [-0.2, -0.15) is 0 Å². The van der Waals surface area contributed by atoms with Gasteiger partial charge in [-0.1, -0.05) is 48.0 Å². The van der Waals surface area contributed by atoms with E-state index in [-0.39, 0.29) is 22.5 Å². The highest BCUT2D eigenvalue weighted by atomic mass is 35.5. The van der Waals surface area contributed by atoms with Crippen molar-refractivity contribution < 1.29 is 14.4 Å². The van der Waals surface area contributed by atoms with Crippen molar-refractivity contribution in [2.24, 2.45) is 0 Å². The van der Waals surface area contributed by atoms with Gasteiger partial charge in [0, 0.05) is 23.3 Å². The molecule has 1 atom stereocenters. The van der Waals surface area contributed by atoms with Crippen molar-refractivity contribution in [1.82, 2.24) is 5.32 Å². The van der Waals surface area contributed by atoms with Gasteiger partial charge in [0.1, 0.15) is 0 Å². The molecule has 35 heavy (non-hydrogen) atoms. The van der Waals surface area contributed by atoms with Crippen molar-refractivity contribution in [2.75, 3.05) is 16.9 Å². The molecule has 0 radical (unpaired) electrons. The largest absolute Gasteiger partial charge is 0.364 e. The normalized spacial score (nSPS) is 17.3. The molecule has 2 aliphatic rings. The number of amides is 1. The molecule has 5 rings (SSSR count). The third kappa shape index (κ3) is 5.34. The number of benzene rings is 3. The molecule has 1 saturated carbocycles. The van der Waals surface area contributed by atoms with Gasteiger partial charge in [-0.05, 0) is 74.1 Å². The van der Waals surface area contributed by atoms with E-state index in [1.165, 1.54) is 12.8 Å². The Hall–Kier alpha value is -3.35. The summed E-state index contributed by atoms with van der Waals surface area (Å²) >= 11 is 6.44. The molecular formula is C28H28ClN3O3. The van der Waals surface area contributed by atoms with Crippen LogP contribution in [0.4, 0.5) is 11.4 Å². The first kappa shape index (κ1) is 23.4. The van der Waals surface area contributed by atoms with Gasteiger partial charge in [-0.3, -0.25) is 4.79 Å². The Kier molecular flexibility index (Phi) is 6.75. The summed E-state index contributed by atoms with van der Waals surface area (Å²) in [6, 6.07) is 21.1. The average Bonchev–Trinajstić information content (AvgIpc) is 3.68. The summed E-state index contributed by atoms with van der Waals surface area (Å²) in [6.45, 7) is 2.49. The zero-order chi connectivity index (χ0) is 24.4. The van der Waals surface area contributed by atoms with Crippen LogP contribution in [0.2, 0.25) is 5.02 Å². The van der Waals surface area contributed by atoms with Gasteiger partial charge < -0.3 is 15.5 Å². The molecule has 3 aromatic carbocycles. The number of rotatable bonds is 6. The highest BCUT2D eigenvalue weighted by Gasteiger charge is 2.30. The van der Waals surface area contributed by atoms with Crippen LogP contribution < -0.4 is 15.7 Å². The number of halogens is 1. The van der Waals surface area contributed by atoms with Gasteiger partial charge in [-0.25, -0.2) is 9.86 Å². The van der Waals surface area contributed by atoms with Crippen molar-refractivity contribution >= 4 is 34.9 Å². The molecule has 0 bridgehead atoms. The van der Waals surface area contributed by atoms with Crippen molar-refractivity contribution in [1.29, 1.82) is 0 Å². The first-order valence-electron chi connectivity index (χ1n) is 12.0. The molecule has 1 aliphatic heterocycles. The Bertz CT molecular complexity index is 1260. The van der Waals surface area contributed by atoms with Crippen LogP contribution in [0.1, 0.15) is 63.6 Å². The summed E-state index contributed by atoms with van der Waals surface area (Å²) in [5.74, 6) is -0.764. The first-order valence-corrected chi connectivity index (χ1v) is 12.4. The number of nitrogens with zero attached hydrogens (tertiary/aromatic N) is 1. The molecule has 180 valence electrons. The molecule has 1 amide bonds. The van der Waals surface area contributed by atoms with Crippen molar-refractivity contribution in [3.8, 4) is 0 Å². The van der Waals surface area contributed by atoms with Crippen LogP contribution in [0.3, 0.4) is 0 Å². The number of carbonyl (C=O) groups is 2. The van der Waals surface area contributed by atoms with E-state index in [0.717, 1.165) is 29.7 Å². The lowest BCUT2D eigenvalue weighted by Crippen LogP contribution is -2.28. The molecule has 2 N–H and O–H groups in total. The molecular weight excluding hydrogens is 462 g/mol. The molecule has 7 heteroatoms. The minimum Gasteiger partial charge on any atom is -0.335 e. The molecule has 1 aliphatic carbocycles. The fraction of sp³-hybridized carbons (Fsp3) is 0.286. The van der Waals surface area contributed by atoms with Gasteiger partial charge in [0.25, 0.3) is 5.91 Å². The van der Waals surface area contributed by atoms with Crippen molar-refractivity contribution in [3.63, 3.8) is 0 Å². The monoisotopic (exact) mass is 489 g/mol. The number of para-hydroxylation sites is 1. The lowest BCUT2D eigenvalue weighted by atomic mass is 10.0. The maximum atomic E-state index is 13.1. The molecule has 0 saturated heterocycles. The van der Waals surface area contributed by atoms with Gasteiger partial charge in [0.05, 0.1) is 22.8 Å². The lowest BCUT2D eigenvalue weighted by Gasteiger charge is -2.24. The summed E-state index contributed by atoms with van der Waals surface area (Å²) in [4.78, 5) is 31.5. The second-order valence-corrected chi connectivity index (χ2v) is 9.55. The van der Waals surface area contributed by atoms with E-state index in [2.05, 4.69) is 16.7 Å². The Labute approximate surface area is 210 Å². The minimum atomic E-state index is -0.532. The maximum Gasteiger partial charge on any atom is 0.364 e. The predicted molar refractivity (Wildman–Crippen MR) is 138 cm³/mol. The fourth-order valence-electron chi connectivity index (χ4n) is 4.46. The number of hydrogen-bond acceptors (Lipinski definition) is 5. The molecule has 0 spiro atoms. The highest BCUT2D eigenvalue weighted by Crippen LogP contribution is 2.36. The van der Waals surface area contributed by atoms with E-state index < -0.39 is 5.97 Å². The minimum absolute atomic E-state index is 0.217. The van der Waals surface area contributed by atoms with Crippen LogP contribution in [0, 0.1) is 6.92 Å². The van der Waals surface area contributed by atoms with Crippen molar-refractivity contribution in [2.45, 2.75) is 44.7 Å². The smallest absolute Gasteiger partial charge is 0.335 e. The summed E-state index contributed by atoms with van der Waals surface area (Å²) in [7, 11) is 0. The van der Waals surface area contributed by atoms with E-state index in [4.69, 9.17) is 16.4 Å². The molecule has 1 unspecified atom stereocenters. The standard InChI is InChI=1S/C28H28ClN3O3/c1-18-7-2-3-8-21(18)27(33)31-20-14-15-22(24(29)17-20)28(34)35-32-16-6-10-25(30-19-12-13-19)23-9-4-5-11-26(23)32/h2-5,7-9,11,14-15,17,19,25,30H,6,10,12-13,16H2,1H3,(H,31,33). The zero-order valence-electron chi connectivity index (χ0n) is 19.6. The second kappa shape index (κ2) is 10.1. The number of aryl methyl sites for hydroxylation is 1. The maximum absolute atomic E-state index is 13.1. The van der Waals surface area contributed by atoms with E-state index in [0.29, 0.717) is 23.8 Å². The van der Waals surface area contributed by atoms with Crippen LogP contribution in [-0.4, -0.2) is 24.5 Å². The average molecular weight is 490 g/mol. The van der Waals surface area contributed by atoms with E-state index in [9.17, 15) is 9.59 Å². The summed E-state index contributed by atoms with van der Waals surface area (Å²) < 4.78 is 0. The number of anilines is 2. The van der Waals surface area contributed by atoms with E-state index >= 15 is 0 Å². The number of nitrogens with one attached hydrogen (secondary N) is 2. The SMILES string of the molecule is Cc1ccccc1C(=O)Nc1ccc(C(=O)ON2CCCC(NC3CC3)c3ccccc32)c(Cl)c1. The van der Waals surface area contributed by atoms with Crippen LogP contribution >= 0.6 is 11.6 Å². The van der Waals surface area contributed by atoms with Gasteiger partial charge in [0.15, 0.2) is 0 Å². The van der Waals surface area contributed by atoms with Crippen LogP contribution in [0.25, 0.3) is 0 Å². The van der Waals surface area contributed by atoms with Crippen LogP contribution in [0.15, 0.2) is 66.7 Å². The van der Waals surface area contributed by atoms with E-state index in [1.807, 2.05) is 43.3 Å². The Morgan fingerprint density at radius 3 is 2.51 bits per heavy atom. The van der Waals surface area contributed by atoms with Gasteiger partial charge in [0.2, 0.25) is 0 Å². The van der Waals surface area contributed by atoms with Gasteiger partial charge in [-0.15, -0.1) is 0 Å². The molecule has 6 nitrogen and oxygen atoms in total. The number of hydroxylamine groups is 1. The third-order valence-corrected chi connectivity index (χ3v) is 6.79. The number of carbonyl (C=O) groups excluding carboxylic acids is 2. The summed E-state index contributed by atoms with van der Waals surface area (Å²) in [6.07, 6.45) is 4.32. The Morgan fingerprint density at radius 1 is 0.971 bits per heavy atom. The quantitative estimate of drug-likeness (QED) is 0.440. The summed E-state index contributed by atoms with van der Waals surface area (Å²) in [5.41, 5.74) is 4.26. The zero-order valence-corrected chi connectivity index (χ0v) is 20.3. The molecule has 1 fully saturated rings. The van der Waals surface area contributed by atoms with Crippen LogP contribution in [-0.2, 0) is 4.84 Å². The number of fused-ring (bicyclic) bond motifs is 1. The van der Waals surface area contributed by atoms with Gasteiger partial charge >= 0.3 is 5.97 Å². The first-order chi connectivity index (χ1) is 17.0. The van der Waals surface area contributed by atoms with Crippen molar-refractivity contribution in [3.05, 3.63) is 94.0 Å². The lowest BCUT2D eigenvalue weighted by molar-refractivity contribution is 0.0450. The highest BCUT2D eigenvalue weighted by molar-refractivity contribution is 6.34. The molecule has 3 aromatic rings. The molecule has 0 aromatic heterocycles. The number of hydrogen-bond donors (Lipinski definition) is 2. The second-order valence-electron chi connectivity index (χ2n) is 9.14. The van der Waals surface area contributed by atoms with E-state index in [1.54, 1.807) is 29.3 Å². The third-order valence-electron chi connectivity index (χ3n) is 6.48. The van der Waals surface area contributed by atoms with Crippen LogP contribution in [0.5, 0.6) is 0 Å². The molecule has 1 heterocycles. The Morgan fingerprint density at radius 2 is 1.74 bits per heavy atom.